The molecule has 0 saturated carbocycles. The first-order chi connectivity index (χ1) is 12.8. The Morgan fingerprint density at radius 2 is 1.93 bits per heavy atom. The Morgan fingerprint density at radius 3 is 2.56 bits per heavy atom. The van der Waals surface area contributed by atoms with Crippen LogP contribution < -0.4 is 20.9 Å². The molecule has 1 heterocycles. The van der Waals surface area contributed by atoms with Crippen LogP contribution in [0.25, 0.3) is 0 Å². The average Bonchev–Trinajstić information content (AvgIpc) is 2.65. The van der Waals surface area contributed by atoms with Gasteiger partial charge < -0.3 is 10.1 Å². The van der Waals surface area contributed by atoms with E-state index in [-0.39, 0.29) is 17.7 Å². The number of urea groups is 1. The number of halogens is 3. The summed E-state index contributed by atoms with van der Waals surface area (Å²) in [4.78, 5) is 27.5. The van der Waals surface area contributed by atoms with E-state index in [1.165, 1.54) is 30.5 Å². The average molecular weight is 382 g/mol. The SMILES string of the molecule is CCOc1ccc(C(=O)NNC(=O)NCc2cccc(C(F)(F)F)c2)cn1. The molecule has 0 radical (unpaired) electrons. The van der Waals surface area contributed by atoms with Gasteiger partial charge in [-0.3, -0.25) is 10.2 Å². The van der Waals surface area contributed by atoms with E-state index in [9.17, 15) is 22.8 Å². The Morgan fingerprint density at radius 1 is 1.15 bits per heavy atom. The minimum absolute atomic E-state index is 0.143. The highest BCUT2D eigenvalue weighted by Crippen LogP contribution is 2.29. The van der Waals surface area contributed by atoms with Crippen molar-refractivity contribution >= 4 is 11.9 Å². The summed E-state index contributed by atoms with van der Waals surface area (Å²) in [6, 6.07) is 6.76. The maximum Gasteiger partial charge on any atom is 0.416 e. The van der Waals surface area contributed by atoms with Gasteiger partial charge in [0, 0.05) is 18.8 Å². The number of aromatic nitrogens is 1. The number of alkyl halides is 3. The minimum Gasteiger partial charge on any atom is -0.478 e. The smallest absolute Gasteiger partial charge is 0.416 e. The normalized spacial score (nSPS) is 10.8. The summed E-state index contributed by atoms with van der Waals surface area (Å²) in [7, 11) is 0. The third-order valence-corrected chi connectivity index (χ3v) is 3.29. The molecule has 0 atom stereocenters. The van der Waals surface area contributed by atoms with E-state index in [1.54, 1.807) is 6.92 Å². The van der Waals surface area contributed by atoms with E-state index >= 15 is 0 Å². The summed E-state index contributed by atoms with van der Waals surface area (Å²) in [6.07, 6.45) is -3.18. The first kappa shape index (κ1) is 20.0. The van der Waals surface area contributed by atoms with Crippen molar-refractivity contribution in [1.29, 1.82) is 0 Å². The van der Waals surface area contributed by atoms with E-state index in [0.717, 1.165) is 12.1 Å². The summed E-state index contributed by atoms with van der Waals surface area (Å²) in [6.45, 7) is 2.09. The van der Waals surface area contributed by atoms with Crippen LogP contribution in [0, 0.1) is 0 Å². The highest BCUT2D eigenvalue weighted by atomic mass is 19.4. The Labute approximate surface area is 152 Å². The highest BCUT2D eigenvalue weighted by molar-refractivity contribution is 5.94. The number of hydrogen-bond donors (Lipinski definition) is 3. The molecule has 10 heteroatoms. The van der Waals surface area contributed by atoms with Gasteiger partial charge >= 0.3 is 12.2 Å². The Kier molecular flexibility index (Phi) is 6.58. The van der Waals surface area contributed by atoms with Crippen LogP contribution in [0.5, 0.6) is 5.88 Å². The fourth-order valence-electron chi connectivity index (χ4n) is 2.02. The zero-order chi connectivity index (χ0) is 19.9. The van der Waals surface area contributed by atoms with Crippen LogP contribution in [-0.2, 0) is 12.7 Å². The van der Waals surface area contributed by atoms with Crippen molar-refractivity contribution in [3.8, 4) is 5.88 Å². The van der Waals surface area contributed by atoms with E-state index < -0.39 is 23.7 Å². The molecule has 144 valence electrons. The number of carbonyl (C=O) groups excluding carboxylic acids is 2. The predicted molar refractivity (Wildman–Crippen MR) is 89.7 cm³/mol. The number of amides is 3. The molecule has 7 nitrogen and oxygen atoms in total. The molecule has 2 aromatic rings. The van der Waals surface area contributed by atoms with Crippen LogP contribution in [0.1, 0.15) is 28.4 Å². The first-order valence-corrected chi connectivity index (χ1v) is 7.88. The van der Waals surface area contributed by atoms with Gasteiger partial charge in [-0.15, -0.1) is 0 Å². The topological polar surface area (TPSA) is 92.4 Å². The molecule has 0 saturated heterocycles. The molecule has 3 N–H and O–H groups in total. The molecule has 1 aromatic carbocycles. The number of hydrogen-bond acceptors (Lipinski definition) is 4. The van der Waals surface area contributed by atoms with Crippen molar-refractivity contribution in [2.75, 3.05) is 6.61 Å². The molecule has 27 heavy (non-hydrogen) atoms. The highest BCUT2D eigenvalue weighted by Gasteiger charge is 2.30. The van der Waals surface area contributed by atoms with Crippen molar-refractivity contribution in [1.82, 2.24) is 21.2 Å². The van der Waals surface area contributed by atoms with Gasteiger partial charge in [0.15, 0.2) is 0 Å². The molecule has 0 fully saturated rings. The quantitative estimate of drug-likeness (QED) is 0.694. The number of benzene rings is 1. The molecule has 0 aliphatic heterocycles. The Balaban J connectivity index is 1.81. The summed E-state index contributed by atoms with van der Waals surface area (Å²) in [5.41, 5.74) is 3.92. The molecule has 2 rings (SSSR count). The lowest BCUT2D eigenvalue weighted by molar-refractivity contribution is -0.137. The molecule has 0 aliphatic carbocycles. The molecule has 3 amide bonds. The number of hydrazine groups is 1. The lowest BCUT2D eigenvalue weighted by Gasteiger charge is -2.11. The van der Waals surface area contributed by atoms with E-state index in [1.807, 2.05) is 0 Å². The summed E-state index contributed by atoms with van der Waals surface area (Å²) < 4.78 is 43.1. The van der Waals surface area contributed by atoms with E-state index in [0.29, 0.717) is 12.5 Å². The number of pyridine rings is 1. The van der Waals surface area contributed by atoms with Crippen LogP contribution in [0.2, 0.25) is 0 Å². The summed E-state index contributed by atoms with van der Waals surface area (Å²) in [5.74, 6) is -0.249. The van der Waals surface area contributed by atoms with Crippen molar-refractivity contribution in [3.63, 3.8) is 0 Å². The molecule has 0 unspecified atom stereocenters. The van der Waals surface area contributed by atoms with Gasteiger partial charge in [0.2, 0.25) is 5.88 Å². The van der Waals surface area contributed by atoms with Gasteiger partial charge in [-0.25, -0.2) is 15.2 Å². The minimum atomic E-state index is -4.46. The zero-order valence-corrected chi connectivity index (χ0v) is 14.3. The Bertz CT molecular complexity index is 795. The maximum absolute atomic E-state index is 12.6. The van der Waals surface area contributed by atoms with Crippen molar-refractivity contribution in [2.24, 2.45) is 0 Å². The summed E-state index contributed by atoms with van der Waals surface area (Å²) in [5, 5.41) is 2.34. The third kappa shape index (κ3) is 6.17. The second-order valence-corrected chi connectivity index (χ2v) is 5.28. The van der Waals surface area contributed by atoms with Crippen LogP contribution in [-0.4, -0.2) is 23.5 Å². The fourth-order valence-corrected chi connectivity index (χ4v) is 2.02. The molecule has 1 aromatic heterocycles. The number of nitrogens with one attached hydrogen (secondary N) is 3. The molecule has 0 bridgehead atoms. The first-order valence-electron chi connectivity index (χ1n) is 7.88. The molecule has 0 aliphatic rings. The Hall–Kier alpha value is -3.30. The number of ether oxygens (including phenoxy) is 1. The van der Waals surface area contributed by atoms with Gasteiger partial charge in [0.1, 0.15) is 0 Å². The number of carbonyl (C=O) groups is 2. The van der Waals surface area contributed by atoms with Gasteiger partial charge in [0.25, 0.3) is 5.91 Å². The number of nitrogens with zero attached hydrogens (tertiary/aromatic N) is 1. The third-order valence-electron chi connectivity index (χ3n) is 3.29. The molecule has 0 spiro atoms. The lowest BCUT2D eigenvalue weighted by Crippen LogP contribution is -2.46. The van der Waals surface area contributed by atoms with Gasteiger partial charge in [-0.05, 0) is 30.7 Å². The zero-order valence-electron chi connectivity index (χ0n) is 14.3. The van der Waals surface area contributed by atoms with E-state index in [4.69, 9.17) is 4.74 Å². The molecular formula is C17H17F3N4O3. The fraction of sp³-hybridized carbons (Fsp3) is 0.235. The van der Waals surface area contributed by atoms with Gasteiger partial charge in [-0.1, -0.05) is 12.1 Å². The van der Waals surface area contributed by atoms with Crippen LogP contribution in [0.4, 0.5) is 18.0 Å². The standard InChI is InChI=1S/C17H17F3N4O3/c1-2-27-14-7-6-12(10-21-14)15(25)23-24-16(26)22-9-11-4-3-5-13(8-11)17(18,19)20/h3-8,10H,2,9H2,1H3,(H,23,25)(H2,22,24,26). The van der Waals surface area contributed by atoms with Crippen LogP contribution >= 0.6 is 0 Å². The number of rotatable bonds is 5. The maximum atomic E-state index is 12.6. The van der Waals surface area contributed by atoms with Gasteiger partial charge in [-0.2, -0.15) is 13.2 Å². The van der Waals surface area contributed by atoms with E-state index in [2.05, 4.69) is 21.2 Å². The van der Waals surface area contributed by atoms with Crippen molar-refractivity contribution in [3.05, 3.63) is 59.3 Å². The monoisotopic (exact) mass is 382 g/mol. The molecular weight excluding hydrogens is 365 g/mol. The lowest BCUT2D eigenvalue weighted by atomic mass is 10.1. The van der Waals surface area contributed by atoms with Crippen molar-refractivity contribution in [2.45, 2.75) is 19.6 Å². The van der Waals surface area contributed by atoms with Crippen LogP contribution in [0.3, 0.4) is 0 Å². The second kappa shape index (κ2) is 8.88. The second-order valence-electron chi connectivity index (χ2n) is 5.28. The largest absolute Gasteiger partial charge is 0.478 e. The van der Waals surface area contributed by atoms with Gasteiger partial charge in [0.05, 0.1) is 17.7 Å². The summed E-state index contributed by atoms with van der Waals surface area (Å²) >= 11 is 0. The predicted octanol–water partition coefficient (Wildman–Crippen LogP) is 2.64. The van der Waals surface area contributed by atoms with Crippen LogP contribution in [0.15, 0.2) is 42.6 Å². The van der Waals surface area contributed by atoms with Crippen molar-refractivity contribution < 1.29 is 27.5 Å².